The second-order valence-corrected chi connectivity index (χ2v) is 3.90. The Hall–Kier alpha value is -2.37. The van der Waals surface area contributed by atoms with Crippen molar-refractivity contribution in [2.45, 2.75) is 6.42 Å². The van der Waals surface area contributed by atoms with E-state index < -0.39 is 18.3 Å². The summed E-state index contributed by atoms with van der Waals surface area (Å²) in [5, 5.41) is 10.9. The number of anilines is 1. The minimum absolute atomic E-state index is 0.140. The topological polar surface area (TPSA) is 86.7 Å². The fourth-order valence-corrected chi connectivity index (χ4v) is 1.30. The van der Waals surface area contributed by atoms with Crippen molar-refractivity contribution in [2.75, 3.05) is 19.4 Å². The van der Waals surface area contributed by atoms with Crippen LogP contribution >= 0.6 is 0 Å². The predicted molar refractivity (Wildman–Crippen MR) is 65.3 cm³/mol. The lowest BCUT2D eigenvalue weighted by Gasteiger charge is -2.10. The first-order valence-electron chi connectivity index (χ1n) is 5.23. The maximum absolute atomic E-state index is 11.6. The molecule has 96 valence electrons. The predicted octanol–water partition coefficient (Wildman–Crippen LogP) is 0.802. The van der Waals surface area contributed by atoms with E-state index in [1.165, 1.54) is 4.90 Å². The smallest absolute Gasteiger partial charge is 0.312 e. The van der Waals surface area contributed by atoms with E-state index in [9.17, 15) is 14.4 Å². The fraction of sp³-hybridized carbons (Fsp3) is 0.250. The van der Waals surface area contributed by atoms with E-state index in [0.717, 1.165) is 0 Å². The van der Waals surface area contributed by atoms with Gasteiger partial charge in [-0.25, -0.2) is 0 Å². The number of hydrogen-bond acceptors (Lipinski definition) is 3. The number of nitrogens with one attached hydrogen (secondary N) is 1. The molecule has 0 heterocycles. The Bertz CT molecular complexity index is 465. The van der Waals surface area contributed by atoms with Crippen molar-refractivity contribution in [3.8, 4) is 0 Å². The molecule has 0 bridgehead atoms. The summed E-state index contributed by atoms with van der Waals surface area (Å²) < 4.78 is 0. The average molecular weight is 250 g/mol. The standard InChI is InChI=1S/C12H14N2O4/c1-14(2)12(18)8-3-5-9(6-4-8)13-10(15)7-11(16)17/h3-6H,7H2,1-2H3,(H,13,15)(H,16,17). The van der Waals surface area contributed by atoms with Crippen LogP contribution in [0, 0.1) is 0 Å². The second kappa shape index (κ2) is 5.81. The zero-order valence-corrected chi connectivity index (χ0v) is 10.1. The van der Waals surface area contributed by atoms with Crippen molar-refractivity contribution in [3.05, 3.63) is 29.8 Å². The molecule has 6 heteroatoms. The van der Waals surface area contributed by atoms with Gasteiger partial charge in [0.1, 0.15) is 6.42 Å². The molecule has 0 saturated carbocycles. The van der Waals surface area contributed by atoms with E-state index in [1.54, 1.807) is 38.4 Å². The van der Waals surface area contributed by atoms with E-state index in [2.05, 4.69) is 5.32 Å². The summed E-state index contributed by atoms with van der Waals surface area (Å²) in [6, 6.07) is 6.24. The van der Waals surface area contributed by atoms with Crippen LogP contribution in [0.4, 0.5) is 5.69 Å². The zero-order valence-electron chi connectivity index (χ0n) is 10.1. The van der Waals surface area contributed by atoms with Gasteiger partial charge in [-0.3, -0.25) is 14.4 Å². The lowest BCUT2D eigenvalue weighted by Crippen LogP contribution is -2.21. The molecule has 0 fully saturated rings. The van der Waals surface area contributed by atoms with Gasteiger partial charge in [0.2, 0.25) is 5.91 Å². The summed E-state index contributed by atoms with van der Waals surface area (Å²) in [4.78, 5) is 34.5. The van der Waals surface area contributed by atoms with Gasteiger partial charge in [0.15, 0.2) is 0 Å². The first-order valence-corrected chi connectivity index (χ1v) is 5.23. The second-order valence-electron chi connectivity index (χ2n) is 3.90. The minimum atomic E-state index is -1.19. The van der Waals surface area contributed by atoms with Gasteiger partial charge in [0.05, 0.1) is 0 Å². The van der Waals surface area contributed by atoms with Crippen molar-refractivity contribution in [1.29, 1.82) is 0 Å². The summed E-state index contributed by atoms with van der Waals surface area (Å²) in [5.74, 6) is -1.93. The van der Waals surface area contributed by atoms with Gasteiger partial charge in [0.25, 0.3) is 5.91 Å². The van der Waals surface area contributed by atoms with Gasteiger partial charge in [-0.2, -0.15) is 0 Å². The van der Waals surface area contributed by atoms with Crippen molar-refractivity contribution in [1.82, 2.24) is 4.90 Å². The lowest BCUT2D eigenvalue weighted by atomic mass is 10.2. The van der Waals surface area contributed by atoms with Crippen molar-refractivity contribution in [3.63, 3.8) is 0 Å². The molecule has 0 saturated heterocycles. The first kappa shape index (κ1) is 13.7. The number of amides is 2. The van der Waals surface area contributed by atoms with Gasteiger partial charge in [-0.05, 0) is 24.3 Å². The number of carboxylic acid groups (broad SMARTS) is 1. The molecule has 0 radical (unpaired) electrons. The Morgan fingerprint density at radius 1 is 1.17 bits per heavy atom. The highest BCUT2D eigenvalue weighted by Crippen LogP contribution is 2.11. The Kier molecular flexibility index (Phi) is 4.42. The molecule has 0 aromatic heterocycles. The maximum Gasteiger partial charge on any atom is 0.312 e. The van der Waals surface area contributed by atoms with E-state index in [4.69, 9.17) is 5.11 Å². The normalized spacial score (nSPS) is 9.67. The highest BCUT2D eigenvalue weighted by Gasteiger charge is 2.09. The van der Waals surface area contributed by atoms with Crippen molar-refractivity contribution >= 4 is 23.5 Å². The van der Waals surface area contributed by atoms with Crippen molar-refractivity contribution in [2.24, 2.45) is 0 Å². The number of hydrogen-bond donors (Lipinski definition) is 2. The van der Waals surface area contributed by atoms with E-state index in [-0.39, 0.29) is 5.91 Å². The van der Waals surface area contributed by atoms with Crippen LogP contribution in [0.2, 0.25) is 0 Å². The molecule has 1 aromatic carbocycles. The van der Waals surface area contributed by atoms with Crippen LogP contribution < -0.4 is 5.32 Å². The Labute approximate surface area is 104 Å². The molecule has 1 aromatic rings. The Morgan fingerprint density at radius 2 is 1.72 bits per heavy atom. The molecule has 2 N–H and O–H groups in total. The van der Waals surface area contributed by atoms with Crippen LogP contribution in [0.5, 0.6) is 0 Å². The SMILES string of the molecule is CN(C)C(=O)c1ccc(NC(=O)CC(=O)O)cc1. The van der Waals surface area contributed by atoms with Gasteiger partial charge in [-0.1, -0.05) is 0 Å². The molecule has 0 aliphatic heterocycles. The zero-order chi connectivity index (χ0) is 13.7. The first-order chi connectivity index (χ1) is 8.40. The van der Waals surface area contributed by atoms with Gasteiger partial charge in [0, 0.05) is 25.3 Å². The number of carbonyl (C=O) groups excluding carboxylic acids is 2. The minimum Gasteiger partial charge on any atom is -0.481 e. The third-order valence-corrected chi connectivity index (χ3v) is 2.13. The molecule has 0 atom stereocenters. The molecule has 0 unspecified atom stereocenters. The van der Waals surface area contributed by atoms with E-state index in [0.29, 0.717) is 11.3 Å². The largest absolute Gasteiger partial charge is 0.481 e. The molecule has 6 nitrogen and oxygen atoms in total. The molecule has 0 aliphatic rings. The van der Waals surface area contributed by atoms with Crippen LogP contribution in [-0.2, 0) is 9.59 Å². The lowest BCUT2D eigenvalue weighted by molar-refractivity contribution is -0.139. The Morgan fingerprint density at radius 3 is 2.17 bits per heavy atom. The number of benzene rings is 1. The highest BCUT2D eigenvalue weighted by atomic mass is 16.4. The number of carbonyl (C=O) groups is 3. The molecular weight excluding hydrogens is 236 g/mol. The van der Waals surface area contributed by atoms with Crippen LogP contribution in [0.1, 0.15) is 16.8 Å². The average Bonchev–Trinajstić information content (AvgIpc) is 2.27. The molecule has 0 spiro atoms. The quantitative estimate of drug-likeness (QED) is 0.774. The van der Waals surface area contributed by atoms with E-state index in [1.807, 2.05) is 0 Å². The number of nitrogens with zero attached hydrogens (tertiary/aromatic N) is 1. The summed E-state index contributed by atoms with van der Waals surface area (Å²) >= 11 is 0. The van der Waals surface area contributed by atoms with Crippen molar-refractivity contribution < 1.29 is 19.5 Å². The Balaban J connectivity index is 2.69. The van der Waals surface area contributed by atoms with Gasteiger partial charge in [-0.15, -0.1) is 0 Å². The number of rotatable bonds is 4. The highest BCUT2D eigenvalue weighted by molar-refractivity contribution is 6.01. The van der Waals surface area contributed by atoms with Crippen LogP contribution in [-0.4, -0.2) is 41.9 Å². The van der Waals surface area contributed by atoms with Gasteiger partial charge >= 0.3 is 5.97 Å². The van der Waals surface area contributed by atoms with E-state index >= 15 is 0 Å². The number of carboxylic acids is 1. The monoisotopic (exact) mass is 250 g/mol. The third-order valence-electron chi connectivity index (χ3n) is 2.13. The van der Waals surface area contributed by atoms with Crippen LogP contribution in [0.3, 0.4) is 0 Å². The molecular formula is C12H14N2O4. The number of aliphatic carboxylic acids is 1. The van der Waals surface area contributed by atoms with Gasteiger partial charge < -0.3 is 15.3 Å². The summed E-state index contributed by atoms with van der Waals surface area (Å²) in [6.07, 6.45) is -0.585. The summed E-state index contributed by atoms with van der Waals surface area (Å²) in [5.41, 5.74) is 0.952. The van der Waals surface area contributed by atoms with Crippen LogP contribution in [0.15, 0.2) is 24.3 Å². The molecule has 0 aliphatic carbocycles. The van der Waals surface area contributed by atoms with Crippen LogP contribution in [0.25, 0.3) is 0 Å². The summed E-state index contributed by atoms with van der Waals surface area (Å²) in [7, 11) is 3.29. The third kappa shape index (κ3) is 3.89. The molecule has 1 rings (SSSR count). The summed E-state index contributed by atoms with van der Waals surface area (Å²) in [6.45, 7) is 0. The molecule has 2 amide bonds. The fourth-order valence-electron chi connectivity index (χ4n) is 1.30. The maximum atomic E-state index is 11.6. The molecule has 18 heavy (non-hydrogen) atoms.